The Kier molecular flexibility index (Phi) is 65.6. The summed E-state index contributed by atoms with van der Waals surface area (Å²) in [5.74, 6) is -0.836. The Morgan fingerprint density at radius 3 is 0.772 bits per heavy atom. The van der Waals surface area contributed by atoms with Crippen molar-refractivity contribution < 1.29 is 28.6 Å². The van der Waals surface area contributed by atoms with E-state index in [0.29, 0.717) is 19.3 Å². The maximum absolute atomic E-state index is 12.9. The third-order valence-electron chi connectivity index (χ3n) is 15.8. The van der Waals surface area contributed by atoms with E-state index in [9.17, 15) is 14.4 Å². The van der Waals surface area contributed by atoms with Gasteiger partial charge in [-0.2, -0.15) is 0 Å². The maximum atomic E-state index is 12.9. The van der Waals surface area contributed by atoms with Crippen molar-refractivity contribution in [2.75, 3.05) is 13.2 Å². The highest BCUT2D eigenvalue weighted by molar-refractivity contribution is 5.71. The molecular formula is C73H134O6. The summed E-state index contributed by atoms with van der Waals surface area (Å²) in [5, 5.41) is 0. The van der Waals surface area contributed by atoms with E-state index in [4.69, 9.17) is 14.2 Å². The Bertz CT molecular complexity index is 1360. The normalized spacial score (nSPS) is 12.3. The number of carbonyl (C=O) groups is 3. The lowest BCUT2D eigenvalue weighted by Crippen LogP contribution is -2.30. The number of ether oxygens (including phenoxy) is 3. The topological polar surface area (TPSA) is 78.9 Å². The third-order valence-corrected chi connectivity index (χ3v) is 15.8. The summed E-state index contributed by atoms with van der Waals surface area (Å²) >= 11 is 0. The zero-order valence-corrected chi connectivity index (χ0v) is 53.2. The average Bonchev–Trinajstić information content (AvgIpc) is 3.45. The van der Waals surface area contributed by atoms with Gasteiger partial charge in [0.05, 0.1) is 0 Å². The quantitative estimate of drug-likeness (QED) is 0.0261. The van der Waals surface area contributed by atoms with Crippen molar-refractivity contribution in [3.8, 4) is 0 Å². The van der Waals surface area contributed by atoms with Gasteiger partial charge in [-0.15, -0.1) is 0 Å². The van der Waals surface area contributed by atoms with Crippen molar-refractivity contribution in [1.82, 2.24) is 0 Å². The molecule has 6 heteroatoms. The molecule has 462 valence electrons. The summed E-state index contributed by atoms with van der Waals surface area (Å²) < 4.78 is 17.0. The molecule has 0 aromatic rings. The second-order valence-electron chi connectivity index (χ2n) is 23.8. The summed E-state index contributed by atoms with van der Waals surface area (Å²) in [7, 11) is 0. The van der Waals surface area contributed by atoms with Crippen LogP contribution in [0.25, 0.3) is 0 Å². The molecule has 0 bridgehead atoms. The van der Waals surface area contributed by atoms with Crippen molar-refractivity contribution in [3.05, 3.63) is 48.6 Å². The Labute approximate surface area is 492 Å². The Balaban J connectivity index is 4.12. The predicted molar refractivity (Wildman–Crippen MR) is 344 cm³/mol. The van der Waals surface area contributed by atoms with Crippen molar-refractivity contribution in [3.63, 3.8) is 0 Å². The average molecular weight is 1110 g/mol. The van der Waals surface area contributed by atoms with Gasteiger partial charge < -0.3 is 14.2 Å². The van der Waals surface area contributed by atoms with E-state index in [1.54, 1.807) is 0 Å². The fourth-order valence-electron chi connectivity index (χ4n) is 10.6. The van der Waals surface area contributed by atoms with Gasteiger partial charge in [-0.1, -0.05) is 352 Å². The van der Waals surface area contributed by atoms with Gasteiger partial charge in [0.25, 0.3) is 0 Å². The predicted octanol–water partition coefficient (Wildman–Crippen LogP) is 24.1. The third kappa shape index (κ3) is 66.1. The SMILES string of the molecule is CC/C=C\C/C=C\C/C=C\C/C=C\CCCCCCCCCCCCCCCCCCCCC(=O)OCC(COC(=O)CCCCCCCCCCCCC)OC(=O)CCCCCCCCCCCCCCCCCCCCC. The van der Waals surface area contributed by atoms with Crippen LogP contribution in [0, 0.1) is 0 Å². The molecule has 0 spiro atoms. The van der Waals surface area contributed by atoms with E-state index in [-0.39, 0.29) is 31.1 Å². The number of esters is 3. The largest absolute Gasteiger partial charge is 0.462 e. The molecule has 1 unspecified atom stereocenters. The number of hydrogen-bond acceptors (Lipinski definition) is 6. The van der Waals surface area contributed by atoms with Gasteiger partial charge in [0.1, 0.15) is 13.2 Å². The molecule has 0 radical (unpaired) electrons. The lowest BCUT2D eigenvalue weighted by molar-refractivity contribution is -0.167. The van der Waals surface area contributed by atoms with Crippen LogP contribution in [-0.4, -0.2) is 37.2 Å². The fourth-order valence-corrected chi connectivity index (χ4v) is 10.6. The molecule has 0 aromatic heterocycles. The second-order valence-corrected chi connectivity index (χ2v) is 23.8. The van der Waals surface area contributed by atoms with Gasteiger partial charge in [-0.05, 0) is 57.8 Å². The molecule has 1 atom stereocenters. The Hall–Kier alpha value is -2.63. The van der Waals surface area contributed by atoms with Gasteiger partial charge >= 0.3 is 17.9 Å². The van der Waals surface area contributed by atoms with Crippen LogP contribution < -0.4 is 0 Å². The van der Waals surface area contributed by atoms with E-state index in [2.05, 4.69) is 69.4 Å². The number of carbonyl (C=O) groups excluding carboxylic acids is 3. The molecule has 0 amide bonds. The monoisotopic (exact) mass is 1110 g/mol. The van der Waals surface area contributed by atoms with Crippen LogP contribution in [0.15, 0.2) is 48.6 Å². The highest BCUT2D eigenvalue weighted by atomic mass is 16.6. The van der Waals surface area contributed by atoms with Gasteiger partial charge in [-0.25, -0.2) is 0 Å². The number of allylic oxidation sites excluding steroid dienone is 8. The lowest BCUT2D eigenvalue weighted by Gasteiger charge is -2.18. The molecule has 0 aliphatic heterocycles. The molecule has 0 rings (SSSR count). The number of hydrogen-bond donors (Lipinski definition) is 0. The van der Waals surface area contributed by atoms with Crippen LogP contribution in [0.3, 0.4) is 0 Å². The van der Waals surface area contributed by atoms with Crippen LogP contribution in [0.4, 0.5) is 0 Å². The van der Waals surface area contributed by atoms with Crippen LogP contribution in [-0.2, 0) is 28.6 Å². The highest BCUT2D eigenvalue weighted by Gasteiger charge is 2.19. The Morgan fingerprint density at radius 2 is 0.494 bits per heavy atom. The summed E-state index contributed by atoms with van der Waals surface area (Å²) in [5.41, 5.74) is 0. The smallest absolute Gasteiger partial charge is 0.306 e. The minimum atomic E-state index is -0.767. The minimum Gasteiger partial charge on any atom is -0.462 e. The van der Waals surface area contributed by atoms with E-state index < -0.39 is 6.10 Å². The summed E-state index contributed by atoms with van der Waals surface area (Å²) in [6, 6.07) is 0. The molecule has 0 saturated heterocycles. The van der Waals surface area contributed by atoms with Crippen LogP contribution in [0.2, 0.25) is 0 Å². The molecule has 6 nitrogen and oxygen atoms in total. The number of unbranched alkanes of at least 4 members (excludes halogenated alkanes) is 46. The van der Waals surface area contributed by atoms with Crippen molar-refractivity contribution in [1.29, 1.82) is 0 Å². The zero-order chi connectivity index (χ0) is 57.1. The van der Waals surface area contributed by atoms with Crippen LogP contribution in [0.5, 0.6) is 0 Å². The van der Waals surface area contributed by atoms with E-state index >= 15 is 0 Å². The summed E-state index contributed by atoms with van der Waals surface area (Å²) in [6.45, 7) is 6.59. The van der Waals surface area contributed by atoms with Gasteiger partial charge in [-0.3, -0.25) is 14.4 Å². The summed E-state index contributed by atoms with van der Waals surface area (Å²) in [4.78, 5) is 38.3. The maximum Gasteiger partial charge on any atom is 0.306 e. The fraction of sp³-hybridized carbons (Fsp3) is 0.849. The van der Waals surface area contributed by atoms with E-state index in [1.165, 1.54) is 257 Å². The lowest BCUT2D eigenvalue weighted by atomic mass is 10.0. The highest BCUT2D eigenvalue weighted by Crippen LogP contribution is 2.19. The molecule has 0 aliphatic rings. The first-order chi connectivity index (χ1) is 39.0. The second kappa shape index (κ2) is 67.9. The zero-order valence-electron chi connectivity index (χ0n) is 53.2. The van der Waals surface area contributed by atoms with Crippen molar-refractivity contribution in [2.24, 2.45) is 0 Å². The van der Waals surface area contributed by atoms with Gasteiger partial charge in [0, 0.05) is 19.3 Å². The molecule has 0 saturated carbocycles. The molecule has 0 heterocycles. The first-order valence-corrected chi connectivity index (χ1v) is 35.1. The van der Waals surface area contributed by atoms with Crippen LogP contribution in [0.1, 0.15) is 380 Å². The summed E-state index contributed by atoms with van der Waals surface area (Å²) in [6.07, 6.45) is 85.8. The van der Waals surface area contributed by atoms with Gasteiger partial charge in [0.15, 0.2) is 6.10 Å². The molecule has 0 fully saturated rings. The molecule has 0 aliphatic carbocycles. The molecule has 0 N–H and O–H groups in total. The van der Waals surface area contributed by atoms with Crippen molar-refractivity contribution >= 4 is 17.9 Å². The standard InChI is InChI=1S/C73H134O6/c1-4-7-10-13-16-19-22-24-26-28-30-31-32-33-34-35-36-37-38-39-40-41-43-44-46-48-51-54-57-60-63-66-72(75)78-69-70(68-77-71(74)65-62-59-56-53-50-21-18-15-12-9-6-3)79-73(76)67-64-61-58-55-52-49-47-45-42-29-27-25-23-20-17-14-11-8-5-2/h7,10,16,19,24,26,30-31,70H,4-6,8-9,11-15,17-18,20-23,25,27-29,32-69H2,1-3H3/b10-7-,19-16-,26-24-,31-30-. The first-order valence-electron chi connectivity index (χ1n) is 35.1. The van der Waals surface area contributed by atoms with Crippen molar-refractivity contribution in [2.45, 2.75) is 386 Å². The first kappa shape index (κ1) is 76.4. The van der Waals surface area contributed by atoms with Crippen LogP contribution >= 0.6 is 0 Å². The van der Waals surface area contributed by atoms with E-state index in [0.717, 1.165) is 83.5 Å². The molecule has 79 heavy (non-hydrogen) atoms. The molecular weight excluding hydrogens is 973 g/mol. The number of rotatable bonds is 65. The van der Waals surface area contributed by atoms with E-state index in [1.807, 2.05) is 0 Å². The van der Waals surface area contributed by atoms with Gasteiger partial charge in [0.2, 0.25) is 0 Å². The minimum absolute atomic E-state index is 0.0651. The Morgan fingerprint density at radius 1 is 0.266 bits per heavy atom. The molecule has 0 aromatic carbocycles.